The molecule has 4 heteroatoms. The van der Waals surface area contributed by atoms with Crippen LogP contribution in [0.5, 0.6) is 0 Å². The fraction of sp³-hybridized carbons (Fsp3) is 0.750. The molecule has 4 nitrogen and oxygen atoms in total. The molecular weight excluding hydrogens is 158 g/mol. The van der Waals surface area contributed by atoms with Gasteiger partial charge in [0.25, 0.3) is 0 Å². The number of imide groups is 1. The number of amides is 2. The largest absolute Gasteiger partial charge is 0.449 e. The van der Waals surface area contributed by atoms with Crippen molar-refractivity contribution in [2.75, 3.05) is 13.7 Å². The maximum atomic E-state index is 10.8. The van der Waals surface area contributed by atoms with E-state index < -0.39 is 6.09 Å². The van der Waals surface area contributed by atoms with Crippen molar-refractivity contribution in [2.45, 2.75) is 26.2 Å². The first-order valence-electron chi connectivity index (χ1n) is 4.00. The fourth-order valence-corrected chi connectivity index (χ4v) is 0.646. The maximum Gasteiger partial charge on any atom is 0.416 e. The molecule has 0 aromatic carbocycles. The number of carbonyl (C=O) groups is 1. The number of carbonyl (C=O) groups excluding carboxylic acids is 2. The highest BCUT2D eigenvalue weighted by atomic mass is 16.6. The lowest BCUT2D eigenvalue weighted by Crippen LogP contribution is -2.25. The van der Waals surface area contributed by atoms with Crippen molar-refractivity contribution in [3.63, 3.8) is 0 Å². The molecule has 0 aliphatic carbocycles. The molecule has 0 aliphatic rings. The average Bonchev–Trinajstić information content (AvgIpc) is 2.10. The minimum absolute atomic E-state index is 0.374. The lowest BCUT2D eigenvalue weighted by Gasteiger charge is -2.07. The Labute approximate surface area is 72.5 Å². The highest BCUT2D eigenvalue weighted by Crippen LogP contribution is 1.95. The first-order chi connectivity index (χ1) is 5.72. The van der Waals surface area contributed by atoms with E-state index in [9.17, 15) is 9.59 Å². The molecule has 0 aromatic heterocycles. The highest BCUT2D eigenvalue weighted by Gasteiger charge is 2.07. The Balaban J connectivity index is 3.37. The second kappa shape index (κ2) is 6.64. The molecule has 0 fully saturated rings. The molecule has 0 saturated carbocycles. The van der Waals surface area contributed by atoms with Crippen LogP contribution in [0.3, 0.4) is 0 Å². The molecule has 0 unspecified atom stereocenters. The summed E-state index contributed by atoms with van der Waals surface area (Å²) in [6, 6.07) is 0. The Morgan fingerprint density at radius 2 is 2.17 bits per heavy atom. The summed E-state index contributed by atoms with van der Waals surface area (Å²) in [6.07, 6.45) is 3.72. The van der Waals surface area contributed by atoms with Crippen LogP contribution in [0.15, 0.2) is 0 Å². The standard InChI is InChI=1S/C8H14NO3/c1-3-4-5-6-12-8(11)9(2)7-10/h3-6H2,1-2H3. The molecule has 0 aliphatic heterocycles. The average molecular weight is 172 g/mol. The summed E-state index contributed by atoms with van der Waals surface area (Å²) < 4.78 is 4.72. The predicted molar refractivity (Wildman–Crippen MR) is 44.3 cm³/mol. The van der Waals surface area contributed by atoms with Gasteiger partial charge >= 0.3 is 12.5 Å². The molecule has 0 saturated heterocycles. The first-order valence-corrected chi connectivity index (χ1v) is 4.00. The van der Waals surface area contributed by atoms with Crippen molar-refractivity contribution in [3.05, 3.63) is 0 Å². The third-order valence-corrected chi connectivity index (χ3v) is 1.38. The van der Waals surface area contributed by atoms with Gasteiger partial charge in [0.15, 0.2) is 0 Å². The van der Waals surface area contributed by atoms with Gasteiger partial charge in [-0.15, -0.1) is 0 Å². The Bertz CT molecular complexity index is 147. The van der Waals surface area contributed by atoms with Crippen LogP contribution in [-0.4, -0.2) is 31.1 Å². The maximum absolute atomic E-state index is 10.8. The van der Waals surface area contributed by atoms with Crippen LogP contribution in [0, 0.1) is 0 Å². The van der Waals surface area contributed by atoms with Crippen molar-refractivity contribution in [1.82, 2.24) is 4.90 Å². The Hall–Kier alpha value is -1.06. The molecule has 2 amide bonds. The van der Waals surface area contributed by atoms with Crippen LogP contribution >= 0.6 is 0 Å². The van der Waals surface area contributed by atoms with E-state index in [0.29, 0.717) is 6.61 Å². The van der Waals surface area contributed by atoms with Crippen molar-refractivity contribution < 1.29 is 14.3 Å². The van der Waals surface area contributed by atoms with E-state index in [1.165, 1.54) is 13.5 Å². The topological polar surface area (TPSA) is 46.6 Å². The van der Waals surface area contributed by atoms with Crippen molar-refractivity contribution in [3.8, 4) is 0 Å². The third kappa shape index (κ3) is 4.71. The lowest BCUT2D eigenvalue weighted by molar-refractivity contribution is 0.125. The lowest BCUT2D eigenvalue weighted by atomic mass is 10.3. The minimum atomic E-state index is -0.638. The normalized spacial score (nSPS) is 9.17. The summed E-state index contributed by atoms with van der Waals surface area (Å²) in [7, 11) is 1.31. The Morgan fingerprint density at radius 3 is 2.67 bits per heavy atom. The molecule has 0 aromatic rings. The van der Waals surface area contributed by atoms with Crippen LogP contribution in [-0.2, 0) is 9.53 Å². The Kier molecular flexibility index (Phi) is 6.05. The number of hydrogen-bond donors (Lipinski definition) is 0. The van der Waals surface area contributed by atoms with Gasteiger partial charge in [-0.05, 0) is 6.42 Å². The molecule has 69 valence electrons. The first kappa shape index (κ1) is 10.9. The second-order valence-corrected chi connectivity index (χ2v) is 2.47. The smallest absolute Gasteiger partial charge is 0.416 e. The van der Waals surface area contributed by atoms with Gasteiger partial charge in [0.1, 0.15) is 0 Å². The van der Waals surface area contributed by atoms with Crippen LogP contribution in [0.4, 0.5) is 4.79 Å². The van der Waals surface area contributed by atoms with Gasteiger partial charge < -0.3 is 4.74 Å². The van der Waals surface area contributed by atoms with Gasteiger partial charge in [-0.3, -0.25) is 4.79 Å². The number of hydrogen-bond acceptors (Lipinski definition) is 3. The summed E-state index contributed by atoms with van der Waals surface area (Å²) in [5.41, 5.74) is 0. The number of ether oxygens (including phenoxy) is 1. The van der Waals surface area contributed by atoms with Gasteiger partial charge in [0.05, 0.1) is 6.61 Å². The monoisotopic (exact) mass is 172 g/mol. The van der Waals surface area contributed by atoms with E-state index in [1.807, 2.05) is 0 Å². The Morgan fingerprint density at radius 1 is 1.50 bits per heavy atom. The number of unbranched alkanes of at least 4 members (excludes halogenated alkanes) is 2. The molecular formula is C8H14NO3. The minimum Gasteiger partial charge on any atom is -0.449 e. The second-order valence-electron chi connectivity index (χ2n) is 2.47. The van der Waals surface area contributed by atoms with Crippen molar-refractivity contribution >= 4 is 12.5 Å². The van der Waals surface area contributed by atoms with Crippen LogP contribution in [0.25, 0.3) is 0 Å². The molecule has 0 N–H and O–H groups in total. The van der Waals surface area contributed by atoms with E-state index in [0.717, 1.165) is 24.2 Å². The number of rotatable bonds is 5. The fourth-order valence-electron chi connectivity index (χ4n) is 0.646. The van der Waals surface area contributed by atoms with Crippen molar-refractivity contribution in [1.29, 1.82) is 0 Å². The molecule has 0 spiro atoms. The molecule has 1 radical (unpaired) electrons. The molecule has 0 bridgehead atoms. The van der Waals surface area contributed by atoms with Crippen molar-refractivity contribution in [2.24, 2.45) is 0 Å². The van der Waals surface area contributed by atoms with Gasteiger partial charge in [0.2, 0.25) is 0 Å². The van der Waals surface area contributed by atoms with E-state index in [1.54, 1.807) is 0 Å². The van der Waals surface area contributed by atoms with Gasteiger partial charge in [-0.1, -0.05) is 19.8 Å². The predicted octanol–water partition coefficient (Wildman–Crippen LogP) is 1.31. The van der Waals surface area contributed by atoms with Gasteiger partial charge in [0, 0.05) is 7.05 Å². The summed E-state index contributed by atoms with van der Waals surface area (Å²) in [4.78, 5) is 21.5. The quantitative estimate of drug-likeness (QED) is 0.464. The number of nitrogens with zero attached hydrogens (tertiary/aromatic N) is 1. The van der Waals surface area contributed by atoms with E-state index in [2.05, 4.69) is 6.92 Å². The van der Waals surface area contributed by atoms with Crippen LogP contribution in [0.1, 0.15) is 26.2 Å². The zero-order chi connectivity index (χ0) is 9.40. The zero-order valence-corrected chi connectivity index (χ0v) is 7.50. The molecule has 12 heavy (non-hydrogen) atoms. The van der Waals surface area contributed by atoms with Gasteiger partial charge in [-0.25, -0.2) is 9.69 Å². The molecule has 0 atom stereocenters. The zero-order valence-electron chi connectivity index (χ0n) is 7.50. The molecule has 0 heterocycles. The van der Waals surface area contributed by atoms with Crippen LogP contribution in [0.2, 0.25) is 0 Å². The summed E-state index contributed by atoms with van der Waals surface area (Å²) >= 11 is 0. The third-order valence-electron chi connectivity index (χ3n) is 1.38. The molecule has 0 rings (SSSR count). The summed E-state index contributed by atoms with van der Waals surface area (Å²) in [5, 5.41) is 0. The summed E-state index contributed by atoms with van der Waals surface area (Å²) in [6.45, 7) is 2.44. The van der Waals surface area contributed by atoms with Crippen LogP contribution < -0.4 is 0 Å². The van der Waals surface area contributed by atoms with Gasteiger partial charge in [-0.2, -0.15) is 0 Å². The summed E-state index contributed by atoms with van der Waals surface area (Å²) in [5.74, 6) is 0. The van der Waals surface area contributed by atoms with E-state index >= 15 is 0 Å². The SMILES string of the molecule is CCCCCOC(=O)N(C)[C]=O. The van der Waals surface area contributed by atoms with E-state index in [-0.39, 0.29) is 0 Å². The van der Waals surface area contributed by atoms with E-state index in [4.69, 9.17) is 4.74 Å². The highest BCUT2D eigenvalue weighted by molar-refractivity contribution is 5.79.